The summed E-state index contributed by atoms with van der Waals surface area (Å²) in [7, 11) is 0. The number of aliphatic hydroxyl groups excluding tert-OH is 1. The number of hydrogen-bond acceptors (Lipinski definition) is 3. The highest BCUT2D eigenvalue weighted by molar-refractivity contribution is 5.77. The molecule has 4 nitrogen and oxygen atoms in total. The van der Waals surface area contributed by atoms with Gasteiger partial charge in [0.2, 0.25) is 5.95 Å². The van der Waals surface area contributed by atoms with E-state index in [0.29, 0.717) is 18.0 Å². The molecular formula is C15H20FN3O. The maximum absolute atomic E-state index is 13.1. The number of rotatable bonds is 4. The largest absolute Gasteiger partial charge is 0.396 e. The molecule has 1 aliphatic rings. The molecule has 20 heavy (non-hydrogen) atoms. The van der Waals surface area contributed by atoms with Gasteiger partial charge in [-0.25, -0.2) is 9.37 Å². The lowest BCUT2D eigenvalue weighted by molar-refractivity contribution is 0.0942. The van der Waals surface area contributed by atoms with Gasteiger partial charge in [-0.05, 0) is 31.0 Å². The van der Waals surface area contributed by atoms with E-state index in [4.69, 9.17) is 0 Å². The second kappa shape index (κ2) is 5.40. The molecule has 0 unspecified atom stereocenters. The second-order valence-corrected chi connectivity index (χ2v) is 5.82. The molecule has 0 aliphatic heterocycles. The predicted molar refractivity (Wildman–Crippen MR) is 77.1 cm³/mol. The number of nitrogens with one attached hydrogen (secondary N) is 2. The van der Waals surface area contributed by atoms with Crippen LogP contribution < -0.4 is 5.32 Å². The third-order valence-electron chi connectivity index (χ3n) is 4.32. The summed E-state index contributed by atoms with van der Waals surface area (Å²) in [6, 6.07) is 4.51. The summed E-state index contributed by atoms with van der Waals surface area (Å²) in [5.74, 6) is 0.371. The zero-order valence-electron chi connectivity index (χ0n) is 11.5. The van der Waals surface area contributed by atoms with Crippen molar-refractivity contribution in [2.24, 2.45) is 5.41 Å². The Morgan fingerprint density at radius 3 is 2.85 bits per heavy atom. The Morgan fingerprint density at radius 2 is 2.10 bits per heavy atom. The Balaban J connectivity index is 1.72. The number of imidazole rings is 1. The van der Waals surface area contributed by atoms with Gasteiger partial charge < -0.3 is 15.4 Å². The zero-order chi connectivity index (χ0) is 14.0. The maximum Gasteiger partial charge on any atom is 0.201 e. The topological polar surface area (TPSA) is 60.9 Å². The monoisotopic (exact) mass is 277 g/mol. The van der Waals surface area contributed by atoms with E-state index in [1.807, 2.05) is 0 Å². The minimum absolute atomic E-state index is 0.0392. The van der Waals surface area contributed by atoms with Crippen LogP contribution in [-0.4, -0.2) is 28.2 Å². The SMILES string of the molecule is OCC1(CNc2nc3ccc(F)cc3[nH]2)CCCCC1. The molecule has 1 aliphatic carbocycles. The summed E-state index contributed by atoms with van der Waals surface area (Å²) in [6.07, 6.45) is 5.70. The lowest BCUT2D eigenvalue weighted by atomic mass is 9.74. The lowest BCUT2D eigenvalue weighted by Gasteiger charge is -2.35. The third-order valence-corrected chi connectivity index (χ3v) is 4.32. The van der Waals surface area contributed by atoms with Gasteiger partial charge in [0.15, 0.2) is 0 Å². The first-order chi connectivity index (χ1) is 9.71. The number of hydrogen-bond donors (Lipinski definition) is 3. The Labute approximate surface area is 117 Å². The summed E-state index contributed by atoms with van der Waals surface area (Å²) in [6.45, 7) is 0.903. The van der Waals surface area contributed by atoms with Gasteiger partial charge in [-0.1, -0.05) is 19.3 Å². The quantitative estimate of drug-likeness (QED) is 0.805. The van der Waals surface area contributed by atoms with Crippen LogP contribution in [-0.2, 0) is 0 Å². The van der Waals surface area contributed by atoms with Gasteiger partial charge >= 0.3 is 0 Å². The van der Waals surface area contributed by atoms with Gasteiger partial charge in [-0.3, -0.25) is 0 Å². The molecule has 1 heterocycles. The first kappa shape index (κ1) is 13.4. The minimum atomic E-state index is -0.271. The molecule has 0 amide bonds. The highest BCUT2D eigenvalue weighted by Crippen LogP contribution is 2.35. The summed E-state index contributed by atoms with van der Waals surface area (Å²) >= 11 is 0. The van der Waals surface area contributed by atoms with Crippen molar-refractivity contribution in [3.05, 3.63) is 24.0 Å². The number of anilines is 1. The number of fused-ring (bicyclic) bond motifs is 1. The Hall–Kier alpha value is -1.62. The van der Waals surface area contributed by atoms with E-state index in [1.54, 1.807) is 6.07 Å². The number of H-pyrrole nitrogens is 1. The van der Waals surface area contributed by atoms with Gasteiger partial charge in [0, 0.05) is 12.0 Å². The summed E-state index contributed by atoms with van der Waals surface area (Å²) in [5, 5.41) is 12.9. The van der Waals surface area contributed by atoms with Crippen molar-refractivity contribution in [2.75, 3.05) is 18.5 Å². The third kappa shape index (κ3) is 2.63. The normalized spacial score (nSPS) is 18.3. The molecule has 3 N–H and O–H groups in total. The molecular weight excluding hydrogens is 257 g/mol. The maximum atomic E-state index is 13.1. The fraction of sp³-hybridized carbons (Fsp3) is 0.533. The van der Waals surface area contributed by atoms with E-state index in [-0.39, 0.29) is 17.8 Å². The average molecular weight is 277 g/mol. The molecule has 3 rings (SSSR count). The number of aliphatic hydroxyl groups is 1. The van der Waals surface area contributed by atoms with E-state index < -0.39 is 0 Å². The molecule has 0 radical (unpaired) electrons. The molecule has 1 fully saturated rings. The lowest BCUT2D eigenvalue weighted by Crippen LogP contribution is -2.35. The molecule has 2 aromatic rings. The van der Waals surface area contributed by atoms with Crippen molar-refractivity contribution in [1.29, 1.82) is 0 Å². The van der Waals surface area contributed by atoms with Gasteiger partial charge in [0.05, 0.1) is 17.6 Å². The molecule has 1 aromatic heterocycles. The number of nitrogens with zero attached hydrogens (tertiary/aromatic N) is 1. The zero-order valence-corrected chi connectivity index (χ0v) is 11.5. The van der Waals surface area contributed by atoms with Crippen molar-refractivity contribution in [1.82, 2.24) is 9.97 Å². The average Bonchev–Trinajstić information content (AvgIpc) is 2.88. The Kier molecular flexibility index (Phi) is 3.61. The highest BCUT2D eigenvalue weighted by Gasteiger charge is 2.31. The number of benzene rings is 1. The molecule has 0 atom stereocenters. The van der Waals surface area contributed by atoms with E-state index >= 15 is 0 Å². The molecule has 0 saturated heterocycles. The van der Waals surface area contributed by atoms with Crippen LogP contribution in [0, 0.1) is 11.2 Å². The van der Waals surface area contributed by atoms with Crippen LogP contribution in [0.5, 0.6) is 0 Å². The van der Waals surface area contributed by atoms with E-state index in [9.17, 15) is 9.50 Å². The van der Waals surface area contributed by atoms with Gasteiger partial charge in [-0.2, -0.15) is 0 Å². The first-order valence-corrected chi connectivity index (χ1v) is 7.21. The van der Waals surface area contributed by atoms with Gasteiger partial charge in [0.25, 0.3) is 0 Å². The Bertz CT molecular complexity index is 590. The van der Waals surface area contributed by atoms with Crippen LogP contribution in [0.2, 0.25) is 0 Å². The van der Waals surface area contributed by atoms with Crippen LogP contribution in [0.25, 0.3) is 11.0 Å². The first-order valence-electron chi connectivity index (χ1n) is 7.21. The highest BCUT2D eigenvalue weighted by atomic mass is 19.1. The molecule has 1 aromatic carbocycles. The summed E-state index contributed by atoms with van der Waals surface area (Å²) in [4.78, 5) is 7.46. The van der Waals surface area contributed by atoms with Crippen molar-refractivity contribution in [3.63, 3.8) is 0 Å². The minimum Gasteiger partial charge on any atom is -0.396 e. The van der Waals surface area contributed by atoms with E-state index in [1.165, 1.54) is 31.4 Å². The number of aromatic nitrogens is 2. The van der Waals surface area contributed by atoms with Gasteiger partial charge in [-0.15, -0.1) is 0 Å². The molecule has 0 bridgehead atoms. The van der Waals surface area contributed by atoms with Crippen LogP contribution in [0.1, 0.15) is 32.1 Å². The van der Waals surface area contributed by atoms with Crippen LogP contribution in [0.4, 0.5) is 10.3 Å². The summed E-state index contributed by atoms with van der Waals surface area (Å²) < 4.78 is 13.1. The van der Waals surface area contributed by atoms with Crippen LogP contribution in [0.3, 0.4) is 0 Å². The second-order valence-electron chi connectivity index (χ2n) is 5.82. The van der Waals surface area contributed by atoms with Crippen molar-refractivity contribution >= 4 is 17.0 Å². The molecule has 5 heteroatoms. The van der Waals surface area contributed by atoms with Crippen molar-refractivity contribution < 1.29 is 9.50 Å². The predicted octanol–water partition coefficient (Wildman–Crippen LogP) is 3.06. The van der Waals surface area contributed by atoms with Crippen LogP contribution >= 0.6 is 0 Å². The van der Waals surface area contributed by atoms with Crippen LogP contribution in [0.15, 0.2) is 18.2 Å². The standard InChI is InChI=1S/C15H20FN3O/c16-11-4-5-12-13(8-11)19-14(18-12)17-9-15(10-20)6-2-1-3-7-15/h4-5,8,20H,1-3,6-7,9-10H2,(H2,17,18,19). The number of aromatic amines is 1. The summed E-state index contributed by atoms with van der Waals surface area (Å²) in [5.41, 5.74) is 1.40. The molecule has 108 valence electrons. The molecule has 0 spiro atoms. The fourth-order valence-corrected chi connectivity index (χ4v) is 3.03. The smallest absolute Gasteiger partial charge is 0.201 e. The van der Waals surface area contributed by atoms with E-state index in [2.05, 4.69) is 15.3 Å². The Morgan fingerprint density at radius 1 is 1.30 bits per heavy atom. The fourth-order valence-electron chi connectivity index (χ4n) is 3.03. The van der Waals surface area contributed by atoms with E-state index in [0.717, 1.165) is 18.4 Å². The number of halogens is 1. The van der Waals surface area contributed by atoms with Crippen molar-refractivity contribution in [2.45, 2.75) is 32.1 Å². The van der Waals surface area contributed by atoms with Gasteiger partial charge in [0.1, 0.15) is 5.82 Å². The molecule has 1 saturated carbocycles. The van der Waals surface area contributed by atoms with Crippen molar-refractivity contribution in [3.8, 4) is 0 Å².